The summed E-state index contributed by atoms with van der Waals surface area (Å²) in [5.41, 5.74) is 0.0257. The molecule has 0 spiro atoms. The molecule has 0 saturated carbocycles. The molecule has 0 amide bonds. The number of rotatable bonds is 5. The Morgan fingerprint density at radius 2 is 1.90 bits per heavy atom. The van der Waals surface area contributed by atoms with Crippen LogP contribution in [0.2, 0.25) is 5.02 Å². The van der Waals surface area contributed by atoms with Crippen molar-refractivity contribution in [1.82, 2.24) is 28.9 Å². The van der Waals surface area contributed by atoms with Crippen LogP contribution in [-0.2, 0) is 13.6 Å². The summed E-state index contributed by atoms with van der Waals surface area (Å²) in [7, 11) is 1.78. The molecule has 0 saturated heterocycles. The Hall–Kier alpha value is -5.34. The standard InChI is InChI=1S/C28H18ClFN8O2/c1-36-15-19-9-24(21(29)10-23(19)35-36)33-26-34-27(39)38(25-13-32-12-17-4-2-3-5-20(17)25)28(40)37(26)14-16-6-7-22(30)18(8-16)11-31/h2-10,12-13,15H,14H2,1H3,(H,33,34,39). The van der Waals surface area contributed by atoms with Crippen molar-refractivity contribution in [3.05, 3.63) is 116 Å². The zero-order valence-electron chi connectivity index (χ0n) is 20.8. The molecular formula is C28H18ClFN8O2. The van der Waals surface area contributed by atoms with Gasteiger partial charge in [-0.05, 0) is 29.8 Å². The minimum Gasteiger partial charge on any atom is -0.324 e. The van der Waals surface area contributed by atoms with Gasteiger partial charge in [-0.15, -0.1) is 0 Å². The van der Waals surface area contributed by atoms with Crippen LogP contribution in [0.1, 0.15) is 11.1 Å². The maximum atomic E-state index is 14.0. The summed E-state index contributed by atoms with van der Waals surface area (Å²) in [5, 5.41) is 19.1. The lowest BCUT2D eigenvalue weighted by atomic mass is 10.1. The molecule has 0 fully saturated rings. The minimum absolute atomic E-state index is 0.0904. The molecule has 0 bridgehead atoms. The summed E-state index contributed by atoms with van der Waals surface area (Å²) >= 11 is 6.51. The van der Waals surface area contributed by atoms with Crippen molar-refractivity contribution in [3.8, 4) is 11.8 Å². The summed E-state index contributed by atoms with van der Waals surface area (Å²) in [5.74, 6) is -0.772. The van der Waals surface area contributed by atoms with Crippen molar-refractivity contribution in [3.63, 3.8) is 0 Å². The third-order valence-corrected chi connectivity index (χ3v) is 6.72. The molecule has 10 nitrogen and oxygen atoms in total. The predicted molar refractivity (Wildman–Crippen MR) is 149 cm³/mol. The third kappa shape index (κ3) is 4.36. The molecule has 3 aromatic heterocycles. The van der Waals surface area contributed by atoms with Gasteiger partial charge < -0.3 is 5.32 Å². The van der Waals surface area contributed by atoms with Crippen LogP contribution in [-0.4, -0.2) is 28.9 Å². The van der Waals surface area contributed by atoms with Crippen LogP contribution in [0.25, 0.3) is 27.4 Å². The number of nitriles is 1. The van der Waals surface area contributed by atoms with Gasteiger partial charge in [0.2, 0.25) is 5.95 Å². The normalized spacial score (nSPS) is 11.2. The number of hydrogen-bond acceptors (Lipinski definition) is 7. The zero-order chi connectivity index (χ0) is 28.0. The summed E-state index contributed by atoms with van der Waals surface area (Å²) in [4.78, 5) is 35.8. The highest BCUT2D eigenvalue weighted by molar-refractivity contribution is 6.34. The van der Waals surface area contributed by atoms with Crippen molar-refractivity contribution in [2.24, 2.45) is 7.05 Å². The van der Waals surface area contributed by atoms with Gasteiger partial charge in [-0.25, -0.2) is 18.5 Å². The molecule has 3 aromatic carbocycles. The minimum atomic E-state index is -0.836. The highest BCUT2D eigenvalue weighted by atomic mass is 35.5. The molecule has 0 aliphatic heterocycles. The Morgan fingerprint density at radius 3 is 2.73 bits per heavy atom. The van der Waals surface area contributed by atoms with E-state index in [1.807, 2.05) is 12.1 Å². The molecule has 3 heterocycles. The van der Waals surface area contributed by atoms with Gasteiger partial charge in [0.25, 0.3) is 0 Å². The van der Waals surface area contributed by atoms with E-state index in [-0.39, 0.29) is 23.7 Å². The lowest BCUT2D eigenvalue weighted by Crippen LogP contribution is -2.42. The Bertz CT molecular complexity index is 2120. The first-order chi connectivity index (χ1) is 19.3. The van der Waals surface area contributed by atoms with E-state index < -0.39 is 17.2 Å². The van der Waals surface area contributed by atoms with Crippen molar-refractivity contribution in [2.75, 3.05) is 5.32 Å². The number of nitrogens with one attached hydrogen (secondary N) is 1. The van der Waals surface area contributed by atoms with Gasteiger partial charge in [0.1, 0.15) is 11.9 Å². The van der Waals surface area contributed by atoms with Crippen LogP contribution >= 0.6 is 11.6 Å². The number of fused-ring (bicyclic) bond motifs is 2. The molecule has 0 aliphatic rings. The molecule has 6 aromatic rings. The van der Waals surface area contributed by atoms with E-state index in [9.17, 15) is 19.2 Å². The highest BCUT2D eigenvalue weighted by Crippen LogP contribution is 2.29. The molecule has 6 rings (SSSR count). The van der Waals surface area contributed by atoms with Gasteiger partial charge in [0.15, 0.2) is 0 Å². The highest BCUT2D eigenvalue weighted by Gasteiger charge is 2.19. The molecule has 196 valence electrons. The number of halogens is 2. The average molecular weight is 553 g/mol. The van der Waals surface area contributed by atoms with Crippen molar-refractivity contribution in [2.45, 2.75) is 6.54 Å². The largest absolute Gasteiger partial charge is 0.359 e. The van der Waals surface area contributed by atoms with Crippen LogP contribution in [0.4, 0.5) is 16.0 Å². The number of aryl methyl sites for hydroxylation is 1. The summed E-state index contributed by atoms with van der Waals surface area (Å²) in [6, 6.07) is 16.3. The van der Waals surface area contributed by atoms with E-state index in [2.05, 4.69) is 20.4 Å². The number of hydrogen-bond donors (Lipinski definition) is 1. The van der Waals surface area contributed by atoms with Crippen molar-refractivity contribution < 1.29 is 4.39 Å². The lowest BCUT2D eigenvalue weighted by Gasteiger charge is -2.17. The Morgan fingerprint density at radius 1 is 1.07 bits per heavy atom. The van der Waals surface area contributed by atoms with Crippen LogP contribution < -0.4 is 16.7 Å². The van der Waals surface area contributed by atoms with Gasteiger partial charge >= 0.3 is 11.4 Å². The lowest BCUT2D eigenvalue weighted by molar-refractivity contribution is 0.620. The SMILES string of the molecule is Cn1cc2cc(Nc3nc(=O)n(-c4cncc5ccccc45)c(=O)n3Cc3ccc(F)c(C#N)c3)c(Cl)cc2n1. The van der Waals surface area contributed by atoms with Crippen molar-refractivity contribution >= 4 is 44.9 Å². The van der Waals surface area contributed by atoms with Crippen LogP contribution in [0.3, 0.4) is 0 Å². The quantitative estimate of drug-likeness (QED) is 0.338. The maximum absolute atomic E-state index is 14.0. The Balaban J connectivity index is 1.56. The van der Waals surface area contributed by atoms with E-state index in [1.165, 1.54) is 22.9 Å². The second-order valence-electron chi connectivity index (χ2n) is 9.05. The monoisotopic (exact) mass is 552 g/mol. The van der Waals surface area contributed by atoms with Gasteiger partial charge in [-0.2, -0.15) is 15.3 Å². The van der Waals surface area contributed by atoms with E-state index in [0.717, 1.165) is 21.4 Å². The van der Waals surface area contributed by atoms with E-state index in [0.29, 0.717) is 27.2 Å². The molecule has 0 aliphatic carbocycles. The van der Waals surface area contributed by atoms with Gasteiger partial charge in [0, 0.05) is 35.6 Å². The Labute approximate surface area is 230 Å². The van der Waals surface area contributed by atoms with E-state index >= 15 is 0 Å². The summed E-state index contributed by atoms with van der Waals surface area (Å²) in [6.07, 6.45) is 4.85. The first kappa shape index (κ1) is 25.0. The van der Waals surface area contributed by atoms with E-state index in [1.54, 1.807) is 54.5 Å². The molecular weight excluding hydrogens is 535 g/mol. The molecule has 0 radical (unpaired) electrons. The van der Waals surface area contributed by atoms with E-state index in [4.69, 9.17) is 11.6 Å². The fourth-order valence-corrected chi connectivity index (χ4v) is 4.75. The second kappa shape index (κ2) is 9.76. The molecule has 0 unspecified atom stereocenters. The van der Waals surface area contributed by atoms with Crippen LogP contribution in [0.15, 0.2) is 82.8 Å². The molecule has 12 heteroatoms. The number of aromatic nitrogens is 6. The number of nitrogens with zero attached hydrogens (tertiary/aromatic N) is 7. The predicted octanol–water partition coefficient (Wildman–Crippen LogP) is 4.29. The first-order valence-electron chi connectivity index (χ1n) is 12.0. The smallest absolute Gasteiger partial charge is 0.324 e. The van der Waals surface area contributed by atoms with Crippen molar-refractivity contribution in [1.29, 1.82) is 5.26 Å². The molecule has 0 atom stereocenters. The fraction of sp³-hybridized carbons (Fsp3) is 0.0714. The van der Waals surface area contributed by atoms with Crippen LogP contribution in [0.5, 0.6) is 0 Å². The third-order valence-electron chi connectivity index (χ3n) is 6.40. The topological polar surface area (TPSA) is 123 Å². The Kier molecular flexibility index (Phi) is 6.09. The average Bonchev–Trinajstić information content (AvgIpc) is 3.30. The summed E-state index contributed by atoms with van der Waals surface area (Å²) < 4.78 is 17.8. The summed E-state index contributed by atoms with van der Waals surface area (Å²) in [6.45, 7) is -0.131. The zero-order valence-corrected chi connectivity index (χ0v) is 21.6. The maximum Gasteiger partial charge on any atom is 0.359 e. The number of pyridine rings is 1. The fourth-order valence-electron chi connectivity index (χ4n) is 4.54. The molecule has 1 N–H and O–H groups in total. The van der Waals surface area contributed by atoms with Crippen LogP contribution in [0, 0.1) is 17.1 Å². The number of benzene rings is 3. The second-order valence-corrected chi connectivity index (χ2v) is 9.45. The van der Waals surface area contributed by atoms with Gasteiger partial charge in [0.05, 0.1) is 40.2 Å². The molecule has 40 heavy (non-hydrogen) atoms. The van der Waals surface area contributed by atoms with Gasteiger partial charge in [-0.3, -0.25) is 14.2 Å². The number of anilines is 2. The first-order valence-corrected chi connectivity index (χ1v) is 12.4. The van der Waals surface area contributed by atoms with Gasteiger partial charge in [-0.1, -0.05) is 41.9 Å².